The van der Waals surface area contributed by atoms with E-state index in [4.69, 9.17) is 4.74 Å². The van der Waals surface area contributed by atoms with Crippen molar-refractivity contribution >= 4 is 8.07 Å². The Balaban J connectivity index is 4.80. The average molecular weight is 254 g/mol. The molecule has 0 heterocycles. The Kier molecular flexibility index (Phi) is 7.62. The zero-order valence-electron chi connectivity index (χ0n) is 12.8. The molecule has 100 valence electrons. The average Bonchev–Trinajstić information content (AvgIpc) is 2.21. The maximum atomic E-state index is 5.45. The summed E-state index contributed by atoms with van der Waals surface area (Å²) in [5.74, 6) is 0. The van der Waals surface area contributed by atoms with Crippen molar-refractivity contribution in [2.45, 2.75) is 77.9 Å². The lowest BCUT2D eigenvalue weighted by Gasteiger charge is -2.37. The number of unbranched alkanes of at least 4 members (excludes halogenated alkanes) is 1. The molecule has 0 unspecified atom stereocenters. The summed E-state index contributed by atoms with van der Waals surface area (Å²) in [4.78, 5) is 0. The predicted octanol–water partition coefficient (Wildman–Crippen LogP) is 4.98. The van der Waals surface area contributed by atoms with Gasteiger partial charge in [0.25, 0.3) is 0 Å². The van der Waals surface area contributed by atoms with Crippen LogP contribution in [0.1, 0.15) is 61.3 Å². The van der Waals surface area contributed by atoms with Crippen LogP contribution in [0.15, 0.2) is 0 Å². The normalized spacial score (nSPS) is 11.9. The summed E-state index contributed by atoms with van der Waals surface area (Å²) in [6.45, 7) is 16.9. The van der Waals surface area contributed by atoms with Crippen LogP contribution in [0, 0.1) is 11.7 Å². The molecule has 0 aromatic carbocycles. The maximum absolute atomic E-state index is 5.45. The van der Waals surface area contributed by atoms with Crippen LogP contribution in [0.25, 0.3) is 0 Å². The minimum absolute atomic E-state index is 0.685. The summed E-state index contributed by atoms with van der Waals surface area (Å²) in [5.41, 5.74) is 5.61. The van der Waals surface area contributed by atoms with E-state index in [0.717, 1.165) is 13.0 Å². The molecule has 0 spiro atoms. The maximum Gasteiger partial charge on any atom is 0.150 e. The summed E-state index contributed by atoms with van der Waals surface area (Å²) in [6.07, 6.45) is 5.29. The van der Waals surface area contributed by atoms with Gasteiger partial charge in [0.1, 0.15) is 6.11 Å². The van der Waals surface area contributed by atoms with Crippen LogP contribution in [0.3, 0.4) is 0 Å². The first-order valence-electron chi connectivity index (χ1n) is 7.03. The van der Waals surface area contributed by atoms with Crippen LogP contribution in [0.5, 0.6) is 0 Å². The van der Waals surface area contributed by atoms with Crippen molar-refractivity contribution < 1.29 is 4.74 Å². The van der Waals surface area contributed by atoms with E-state index in [0.29, 0.717) is 16.6 Å². The summed E-state index contributed by atoms with van der Waals surface area (Å²) in [5, 5.41) is 0. The van der Waals surface area contributed by atoms with Crippen molar-refractivity contribution in [1.82, 2.24) is 0 Å². The Labute approximate surface area is 109 Å². The Morgan fingerprint density at radius 3 is 1.76 bits per heavy atom. The van der Waals surface area contributed by atoms with Crippen molar-refractivity contribution in [2.24, 2.45) is 0 Å². The molecule has 0 rings (SSSR count). The summed E-state index contributed by atoms with van der Waals surface area (Å²) >= 11 is 0. The second kappa shape index (κ2) is 7.82. The molecule has 0 aliphatic heterocycles. The van der Waals surface area contributed by atoms with Crippen molar-refractivity contribution in [1.29, 1.82) is 0 Å². The summed E-state index contributed by atoms with van der Waals surface area (Å²) in [6, 6.07) is 0. The SMILES string of the molecule is CCCCOC#C[Si](C(C)C)(C(C)C)C(C)C. The van der Waals surface area contributed by atoms with E-state index in [1.165, 1.54) is 6.42 Å². The first-order valence-corrected chi connectivity index (χ1v) is 9.26. The second-order valence-corrected chi connectivity index (χ2v) is 11.4. The number of hydrogen-bond donors (Lipinski definition) is 0. The minimum Gasteiger partial charge on any atom is -0.447 e. The fraction of sp³-hybridized carbons (Fsp3) is 0.867. The molecule has 2 heteroatoms. The molecule has 0 aromatic rings. The van der Waals surface area contributed by atoms with E-state index >= 15 is 0 Å². The largest absolute Gasteiger partial charge is 0.447 e. The third kappa shape index (κ3) is 4.39. The number of ether oxygens (including phenoxy) is 1. The van der Waals surface area contributed by atoms with Crippen molar-refractivity contribution in [3.8, 4) is 11.7 Å². The van der Waals surface area contributed by atoms with Gasteiger partial charge in [-0.15, -0.1) is 0 Å². The quantitative estimate of drug-likeness (QED) is 0.369. The highest BCUT2D eigenvalue weighted by molar-refractivity contribution is 6.90. The van der Waals surface area contributed by atoms with E-state index in [1.807, 2.05) is 0 Å². The summed E-state index contributed by atoms with van der Waals surface area (Å²) in [7, 11) is -1.57. The Hall–Kier alpha value is -0.423. The van der Waals surface area contributed by atoms with Gasteiger partial charge in [-0.3, -0.25) is 0 Å². The fourth-order valence-corrected chi connectivity index (χ4v) is 7.94. The third-order valence-electron chi connectivity index (χ3n) is 3.81. The topological polar surface area (TPSA) is 9.23 Å². The van der Waals surface area contributed by atoms with E-state index < -0.39 is 8.07 Å². The van der Waals surface area contributed by atoms with Crippen LogP contribution < -0.4 is 0 Å². The van der Waals surface area contributed by atoms with Gasteiger partial charge in [-0.25, -0.2) is 0 Å². The van der Waals surface area contributed by atoms with E-state index in [9.17, 15) is 0 Å². The lowest BCUT2D eigenvalue weighted by atomic mass is 10.4. The van der Waals surface area contributed by atoms with Crippen molar-refractivity contribution in [2.75, 3.05) is 6.61 Å². The van der Waals surface area contributed by atoms with Crippen LogP contribution in [0.2, 0.25) is 16.6 Å². The summed E-state index contributed by atoms with van der Waals surface area (Å²) < 4.78 is 5.45. The molecule has 0 aromatic heterocycles. The molecule has 0 aliphatic rings. The molecular formula is C15H30OSi. The molecule has 0 bridgehead atoms. The van der Waals surface area contributed by atoms with Crippen molar-refractivity contribution in [3.05, 3.63) is 0 Å². The van der Waals surface area contributed by atoms with Gasteiger partial charge in [0.05, 0.1) is 6.61 Å². The van der Waals surface area contributed by atoms with Crippen LogP contribution >= 0.6 is 0 Å². The smallest absolute Gasteiger partial charge is 0.150 e. The molecule has 0 saturated heterocycles. The molecule has 0 aliphatic carbocycles. The zero-order chi connectivity index (χ0) is 13.5. The van der Waals surface area contributed by atoms with Gasteiger partial charge >= 0.3 is 0 Å². The van der Waals surface area contributed by atoms with E-state index in [1.54, 1.807) is 0 Å². The Morgan fingerprint density at radius 2 is 1.41 bits per heavy atom. The lowest BCUT2D eigenvalue weighted by molar-refractivity contribution is 0.271. The molecule has 0 saturated carbocycles. The monoisotopic (exact) mass is 254 g/mol. The van der Waals surface area contributed by atoms with Gasteiger partial charge in [0.15, 0.2) is 8.07 Å². The molecule has 1 nitrogen and oxygen atoms in total. The number of hydrogen-bond acceptors (Lipinski definition) is 1. The van der Waals surface area contributed by atoms with Crippen LogP contribution in [-0.4, -0.2) is 14.7 Å². The van der Waals surface area contributed by atoms with Crippen molar-refractivity contribution in [3.63, 3.8) is 0 Å². The first-order chi connectivity index (χ1) is 7.89. The van der Waals surface area contributed by atoms with Crippen LogP contribution in [-0.2, 0) is 4.74 Å². The number of rotatable bonds is 6. The molecule has 0 amide bonds. The molecule has 0 N–H and O–H groups in total. The van der Waals surface area contributed by atoms with Gasteiger partial charge in [0, 0.05) is 0 Å². The first kappa shape index (κ1) is 16.6. The highest BCUT2D eigenvalue weighted by atomic mass is 28.3. The second-order valence-electron chi connectivity index (χ2n) is 5.83. The highest BCUT2D eigenvalue weighted by Gasteiger charge is 2.42. The Morgan fingerprint density at radius 1 is 0.941 bits per heavy atom. The predicted molar refractivity (Wildman–Crippen MR) is 79.7 cm³/mol. The third-order valence-corrected chi connectivity index (χ3v) is 10.1. The molecular weight excluding hydrogens is 224 g/mol. The van der Waals surface area contributed by atoms with E-state index in [2.05, 4.69) is 60.1 Å². The standard InChI is InChI=1S/C15H30OSi/c1-8-9-10-16-11-12-17(13(2)3,14(4)5)15(6)7/h13-15H,8-10H2,1-7H3. The van der Waals surface area contributed by atoms with Gasteiger partial charge < -0.3 is 4.74 Å². The Bertz CT molecular complexity index is 236. The molecule has 0 radical (unpaired) electrons. The van der Waals surface area contributed by atoms with Gasteiger partial charge in [-0.05, 0) is 23.0 Å². The van der Waals surface area contributed by atoms with Gasteiger partial charge in [-0.1, -0.05) is 60.4 Å². The highest BCUT2D eigenvalue weighted by Crippen LogP contribution is 2.40. The van der Waals surface area contributed by atoms with Gasteiger partial charge in [0.2, 0.25) is 0 Å². The lowest BCUT2D eigenvalue weighted by Crippen LogP contribution is -2.43. The molecule has 17 heavy (non-hydrogen) atoms. The van der Waals surface area contributed by atoms with Gasteiger partial charge in [-0.2, -0.15) is 0 Å². The fourth-order valence-electron chi connectivity index (χ4n) is 2.83. The van der Waals surface area contributed by atoms with Crippen LogP contribution in [0.4, 0.5) is 0 Å². The zero-order valence-corrected chi connectivity index (χ0v) is 13.8. The minimum atomic E-state index is -1.57. The molecule has 0 atom stereocenters. The molecule has 0 fully saturated rings. The van der Waals surface area contributed by atoms with E-state index in [-0.39, 0.29) is 0 Å².